The molecule has 2 N–H and O–H groups in total. The number of thiocarbonyl (C=S) groups is 1. The Morgan fingerprint density at radius 1 is 1.00 bits per heavy atom. The lowest BCUT2D eigenvalue weighted by Crippen LogP contribution is -2.32. The van der Waals surface area contributed by atoms with Crippen molar-refractivity contribution < 1.29 is 4.42 Å². The number of hydrogen-bond donors (Lipinski definition) is 2. The molecule has 0 amide bonds. The Morgan fingerprint density at radius 2 is 1.61 bits per heavy atom. The van der Waals surface area contributed by atoms with E-state index < -0.39 is 0 Å². The van der Waals surface area contributed by atoms with Crippen molar-refractivity contribution in [3.8, 4) is 0 Å². The van der Waals surface area contributed by atoms with Crippen LogP contribution in [0.4, 0.5) is 17.6 Å². The molecule has 4 rings (SSSR count). The molecule has 2 aliphatic rings. The molecule has 0 aliphatic carbocycles. The Labute approximate surface area is 171 Å². The standard InChI is InChI=1S/C20H28N6OS/c1-15-7-8-16(27-15)14-21-20(28)24-19-22-17(25-9-3-2-4-10-25)13-18(23-19)26-11-5-6-12-26/h7-8,13H,2-6,9-12,14H2,1H3,(H2,21,22,23,24,28). The van der Waals surface area contributed by atoms with Gasteiger partial charge in [-0.05, 0) is 63.4 Å². The van der Waals surface area contributed by atoms with Crippen molar-refractivity contribution in [3.05, 3.63) is 29.7 Å². The number of nitrogens with one attached hydrogen (secondary N) is 2. The van der Waals surface area contributed by atoms with Crippen LogP contribution in [0.25, 0.3) is 0 Å². The highest BCUT2D eigenvalue weighted by Gasteiger charge is 2.19. The van der Waals surface area contributed by atoms with Crippen LogP contribution in [-0.4, -0.2) is 41.3 Å². The number of hydrogen-bond acceptors (Lipinski definition) is 6. The summed E-state index contributed by atoms with van der Waals surface area (Å²) in [7, 11) is 0. The first-order valence-corrected chi connectivity index (χ1v) is 10.6. The van der Waals surface area contributed by atoms with Crippen LogP contribution >= 0.6 is 12.2 Å². The molecule has 7 nitrogen and oxygen atoms in total. The van der Waals surface area contributed by atoms with Gasteiger partial charge in [-0.1, -0.05) is 0 Å². The minimum absolute atomic E-state index is 0.497. The van der Waals surface area contributed by atoms with Gasteiger partial charge in [-0.2, -0.15) is 9.97 Å². The molecular weight excluding hydrogens is 372 g/mol. The van der Waals surface area contributed by atoms with Crippen molar-refractivity contribution in [1.82, 2.24) is 15.3 Å². The predicted octanol–water partition coefficient (Wildman–Crippen LogP) is 3.46. The van der Waals surface area contributed by atoms with Crippen LogP contribution in [0.1, 0.15) is 43.6 Å². The smallest absolute Gasteiger partial charge is 0.232 e. The Bertz CT molecular complexity index is 811. The molecule has 4 heterocycles. The number of rotatable bonds is 5. The summed E-state index contributed by atoms with van der Waals surface area (Å²) in [4.78, 5) is 14.2. The van der Waals surface area contributed by atoms with Crippen molar-refractivity contribution >= 4 is 34.9 Å². The van der Waals surface area contributed by atoms with Crippen LogP contribution in [0, 0.1) is 6.92 Å². The highest BCUT2D eigenvalue weighted by Crippen LogP contribution is 2.26. The fraction of sp³-hybridized carbons (Fsp3) is 0.550. The highest BCUT2D eigenvalue weighted by molar-refractivity contribution is 7.80. The van der Waals surface area contributed by atoms with Crippen molar-refractivity contribution in [1.29, 1.82) is 0 Å². The molecule has 2 saturated heterocycles. The fourth-order valence-electron chi connectivity index (χ4n) is 3.76. The SMILES string of the molecule is Cc1ccc(CNC(=S)Nc2nc(N3CCCCC3)cc(N3CCCC3)n2)o1. The van der Waals surface area contributed by atoms with Gasteiger partial charge in [-0.25, -0.2) is 0 Å². The van der Waals surface area contributed by atoms with Gasteiger partial charge in [0.1, 0.15) is 23.2 Å². The second kappa shape index (κ2) is 8.77. The Hall–Kier alpha value is -2.35. The van der Waals surface area contributed by atoms with Crippen LogP contribution in [0.3, 0.4) is 0 Å². The molecular formula is C20H28N6OS. The van der Waals surface area contributed by atoms with Gasteiger partial charge in [-0.3, -0.25) is 0 Å². The molecule has 150 valence electrons. The molecule has 0 bridgehead atoms. The van der Waals surface area contributed by atoms with E-state index in [0.717, 1.165) is 49.3 Å². The molecule has 8 heteroatoms. The van der Waals surface area contributed by atoms with E-state index in [4.69, 9.17) is 26.6 Å². The average molecular weight is 401 g/mol. The van der Waals surface area contributed by atoms with Crippen LogP contribution in [0.5, 0.6) is 0 Å². The lowest BCUT2D eigenvalue weighted by atomic mass is 10.1. The molecule has 0 saturated carbocycles. The van der Waals surface area contributed by atoms with Crippen LogP contribution in [0.15, 0.2) is 22.6 Å². The van der Waals surface area contributed by atoms with Gasteiger partial charge < -0.3 is 24.9 Å². The molecule has 0 radical (unpaired) electrons. The van der Waals surface area contributed by atoms with E-state index in [1.165, 1.54) is 32.1 Å². The molecule has 2 aromatic heterocycles. The van der Waals surface area contributed by atoms with Gasteiger partial charge in [-0.15, -0.1) is 0 Å². The van der Waals surface area contributed by atoms with Crippen LogP contribution < -0.4 is 20.4 Å². The summed E-state index contributed by atoms with van der Waals surface area (Å²) < 4.78 is 5.57. The summed E-state index contributed by atoms with van der Waals surface area (Å²) >= 11 is 5.45. The topological polar surface area (TPSA) is 69.5 Å². The summed E-state index contributed by atoms with van der Waals surface area (Å²) in [6, 6.07) is 6.02. The lowest BCUT2D eigenvalue weighted by Gasteiger charge is -2.29. The largest absolute Gasteiger partial charge is 0.465 e. The first-order chi connectivity index (χ1) is 13.7. The fourth-order valence-corrected chi connectivity index (χ4v) is 3.93. The summed E-state index contributed by atoms with van der Waals surface area (Å²) in [6.45, 7) is 6.67. The van der Waals surface area contributed by atoms with Crippen LogP contribution in [-0.2, 0) is 6.54 Å². The second-order valence-corrected chi connectivity index (χ2v) is 7.88. The number of nitrogens with zero attached hydrogens (tertiary/aromatic N) is 4. The van der Waals surface area contributed by atoms with Gasteiger partial charge in [0.05, 0.1) is 6.54 Å². The zero-order valence-electron chi connectivity index (χ0n) is 16.4. The predicted molar refractivity (Wildman–Crippen MR) is 116 cm³/mol. The molecule has 0 aromatic carbocycles. The van der Waals surface area contributed by atoms with Gasteiger partial charge in [0, 0.05) is 32.2 Å². The molecule has 2 aromatic rings. The maximum atomic E-state index is 5.57. The molecule has 2 aliphatic heterocycles. The highest BCUT2D eigenvalue weighted by atomic mass is 32.1. The average Bonchev–Trinajstić information content (AvgIpc) is 3.39. The summed E-state index contributed by atoms with van der Waals surface area (Å²) in [6.07, 6.45) is 6.16. The van der Waals surface area contributed by atoms with E-state index in [-0.39, 0.29) is 0 Å². The third kappa shape index (κ3) is 4.73. The van der Waals surface area contributed by atoms with Crippen molar-refractivity contribution in [2.45, 2.75) is 45.6 Å². The van der Waals surface area contributed by atoms with E-state index >= 15 is 0 Å². The van der Waals surface area contributed by atoms with Gasteiger partial charge in [0.15, 0.2) is 5.11 Å². The first-order valence-electron chi connectivity index (χ1n) is 10.2. The molecule has 0 atom stereocenters. The molecule has 28 heavy (non-hydrogen) atoms. The monoisotopic (exact) mass is 400 g/mol. The van der Waals surface area contributed by atoms with E-state index in [1.54, 1.807) is 0 Å². The number of aryl methyl sites for hydroxylation is 1. The van der Waals surface area contributed by atoms with Gasteiger partial charge in [0.25, 0.3) is 0 Å². The summed E-state index contributed by atoms with van der Waals surface area (Å²) in [5.41, 5.74) is 0. The normalized spacial score (nSPS) is 17.0. The molecule has 0 unspecified atom stereocenters. The van der Waals surface area contributed by atoms with E-state index in [0.29, 0.717) is 17.6 Å². The lowest BCUT2D eigenvalue weighted by molar-refractivity contribution is 0.478. The third-order valence-corrected chi connectivity index (χ3v) is 5.50. The van der Waals surface area contributed by atoms with Crippen molar-refractivity contribution in [3.63, 3.8) is 0 Å². The Morgan fingerprint density at radius 3 is 2.18 bits per heavy atom. The maximum absolute atomic E-state index is 5.57. The minimum Gasteiger partial charge on any atom is -0.465 e. The zero-order chi connectivity index (χ0) is 19.3. The summed E-state index contributed by atoms with van der Waals surface area (Å²) in [5, 5.41) is 6.83. The van der Waals surface area contributed by atoms with Crippen molar-refractivity contribution in [2.75, 3.05) is 41.3 Å². The Balaban J connectivity index is 1.47. The molecule has 0 spiro atoms. The van der Waals surface area contributed by atoms with Crippen LogP contribution in [0.2, 0.25) is 0 Å². The minimum atomic E-state index is 0.497. The number of anilines is 3. The first kappa shape index (κ1) is 19.0. The number of furan rings is 1. The van der Waals surface area contributed by atoms with E-state index in [1.807, 2.05) is 19.1 Å². The number of aromatic nitrogens is 2. The Kier molecular flexibility index (Phi) is 5.95. The van der Waals surface area contributed by atoms with E-state index in [9.17, 15) is 0 Å². The van der Waals surface area contributed by atoms with E-state index in [2.05, 4.69) is 26.5 Å². The third-order valence-electron chi connectivity index (χ3n) is 5.25. The molecule has 2 fully saturated rings. The maximum Gasteiger partial charge on any atom is 0.232 e. The van der Waals surface area contributed by atoms with Crippen molar-refractivity contribution in [2.24, 2.45) is 0 Å². The number of piperidine rings is 1. The van der Waals surface area contributed by atoms with Gasteiger partial charge >= 0.3 is 0 Å². The summed E-state index contributed by atoms with van der Waals surface area (Å²) in [5.74, 6) is 4.27. The zero-order valence-corrected chi connectivity index (χ0v) is 17.2. The van der Waals surface area contributed by atoms with Gasteiger partial charge in [0.2, 0.25) is 5.95 Å². The second-order valence-electron chi connectivity index (χ2n) is 7.47. The quantitative estimate of drug-likeness (QED) is 0.740.